The van der Waals surface area contributed by atoms with Crippen LogP contribution in [0, 0.1) is 0 Å². The molecule has 30 heavy (non-hydrogen) atoms. The number of benzene rings is 2. The highest BCUT2D eigenvalue weighted by atomic mass is 32.1. The summed E-state index contributed by atoms with van der Waals surface area (Å²) in [6.07, 6.45) is 5.83. The summed E-state index contributed by atoms with van der Waals surface area (Å²) in [4.78, 5) is 22.0. The van der Waals surface area contributed by atoms with Gasteiger partial charge in [0.05, 0.1) is 17.8 Å². The van der Waals surface area contributed by atoms with E-state index in [1.165, 1.54) is 12.8 Å². The number of carbonyl (C=O) groups excluding carboxylic acids is 1. The fourth-order valence-electron chi connectivity index (χ4n) is 3.78. The SMILES string of the molecule is O=C(Cc1csc(-c2ccccc2)n1)Nc1cccc(-c2cn3c(n2)CCCC3)c1. The first kappa shape index (κ1) is 18.8. The highest BCUT2D eigenvalue weighted by Crippen LogP contribution is 2.26. The number of aryl methyl sites for hydroxylation is 2. The number of nitrogens with zero attached hydrogens (tertiary/aromatic N) is 3. The molecule has 150 valence electrons. The van der Waals surface area contributed by atoms with Gasteiger partial charge in [-0.05, 0) is 25.0 Å². The van der Waals surface area contributed by atoms with Crippen molar-refractivity contribution in [1.82, 2.24) is 14.5 Å². The quantitative estimate of drug-likeness (QED) is 0.489. The first-order chi connectivity index (χ1) is 14.7. The van der Waals surface area contributed by atoms with Crippen molar-refractivity contribution in [2.75, 3.05) is 5.32 Å². The predicted molar refractivity (Wildman–Crippen MR) is 120 cm³/mol. The number of rotatable bonds is 5. The molecule has 0 saturated heterocycles. The fraction of sp³-hybridized carbons (Fsp3) is 0.208. The van der Waals surface area contributed by atoms with Gasteiger partial charge in [0.25, 0.3) is 0 Å². The Bertz CT molecular complexity index is 1160. The minimum Gasteiger partial charge on any atom is -0.334 e. The summed E-state index contributed by atoms with van der Waals surface area (Å²) in [7, 11) is 0. The molecule has 5 rings (SSSR count). The molecular weight excluding hydrogens is 392 g/mol. The van der Waals surface area contributed by atoms with Crippen LogP contribution in [0.1, 0.15) is 24.4 Å². The van der Waals surface area contributed by atoms with E-state index < -0.39 is 0 Å². The van der Waals surface area contributed by atoms with Gasteiger partial charge in [-0.1, -0.05) is 42.5 Å². The lowest BCUT2D eigenvalue weighted by Crippen LogP contribution is -2.14. The second-order valence-electron chi connectivity index (χ2n) is 7.51. The smallest absolute Gasteiger partial charge is 0.230 e. The predicted octanol–water partition coefficient (Wildman–Crippen LogP) is 5.19. The van der Waals surface area contributed by atoms with Crippen molar-refractivity contribution >= 4 is 22.9 Å². The fourth-order valence-corrected chi connectivity index (χ4v) is 4.60. The Hall–Kier alpha value is -3.25. The number of carbonyl (C=O) groups is 1. The third-order valence-electron chi connectivity index (χ3n) is 5.26. The van der Waals surface area contributed by atoms with Crippen molar-refractivity contribution in [2.24, 2.45) is 0 Å². The van der Waals surface area contributed by atoms with E-state index in [0.717, 1.165) is 52.0 Å². The van der Waals surface area contributed by atoms with Crippen LogP contribution in [-0.4, -0.2) is 20.4 Å². The van der Waals surface area contributed by atoms with Gasteiger partial charge < -0.3 is 9.88 Å². The molecule has 4 aromatic rings. The van der Waals surface area contributed by atoms with Crippen LogP contribution in [0.25, 0.3) is 21.8 Å². The maximum Gasteiger partial charge on any atom is 0.230 e. The van der Waals surface area contributed by atoms with Crippen molar-refractivity contribution in [3.8, 4) is 21.8 Å². The van der Waals surface area contributed by atoms with E-state index in [1.54, 1.807) is 11.3 Å². The number of nitrogens with one attached hydrogen (secondary N) is 1. The molecule has 0 bridgehead atoms. The second-order valence-corrected chi connectivity index (χ2v) is 8.37. The van der Waals surface area contributed by atoms with Crippen molar-refractivity contribution < 1.29 is 4.79 Å². The largest absolute Gasteiger partial charge is 0.334 e. The molecule has 0 unspecified atom stereocenters. The normalized spacial score (nSPS) is 13.1. The van der Waals surface area contributed by atoms with Crippen molar-refractivity contribution in [3.63, 3.8) is 0 Å². The molecule has 1 aliphatic rings. The number of aromatic nitrogens is 3. The van der Waals surface area contributed by atoms with Crippen LogP contribution in [0.3, 0.4) is 0 Å². The average Bonchev–Trinajstić information content (AvgIpc) is 3.41. The summed E-state index contributed by atoms with van der Waals surface area (Å²) in [5.74, 6) is 1.09. The van der Waals surface area contributed by atoms with Crippen LogP contribution >= 0.6 is 11.3 Å². The topological polar surface area (TPSA) is 59.8 Å². The molecule has 1 N–H and O–H groups in total. The van der Waals surface area contributed by atoms with Gasteiger partial charge in [-0.15, -0.1) is 11.3 Å². The van der Waals surface area contributed by atoms with Crippen LogP contribution < -0.4 is 5.32 Å². The number of hydrogen-bond donors (Lipinski definition) is 1. The summed E-state index contributed by atoms with van der Waals surface area (Å²) in [5.41, 5.74) is 4.63. The third kappa shape index (κ3) is 4.04. The number of fused-ring (bicyclic) bond motifs is 1. The van der Waals surface area contributed by atoms with E-state index in [0.29, 0.717) is 0 Å². The van der Waals surface area contributed by atoms with Crippen LogP contribution in [-0.2, 0) is 24.2 Å². The van der Waals surface area contributed by atoms with Gasteiger partial charge >= 0.3 is 0 Å². The highest BCUT2D eigenvalue weighted by molar-refractivity contribution is 7.13. The van der Waals surface area contributed by atoms with Crippen LogP contribution in [0.2, 0.25) is 0 Å². The summed E-state index contributed by atoms with van der Waals surface area (Å²) >= 11 is 1.56. The lowest BCUT2D eigenvalue weighted by atomic mass is 10.1. The number of amides is 1. The van der Waals surface area contributed by atoms with Crippen LogP contribution in [0.15, 0.2) is 66.2 Å². The van der Waals surface area contributed by atoms with E-state index in [1.807, 2.05) is 60.0 Å². The second kappa shape index (κ2) is 8.24. The minimum atomic E-state index is -0.0683. The van der Waals surface area contributed by atoms with E-state index >= 15 is 0 Å². The van der Waals surface area contributed by atoms with E-state index in [4.69, 9.17) is 4.98 Å². The van der Waals surface area contributed by atoms with Gasteiger partial charge in [0.15, 0.2) is 0 Å². The van der Waals surface area contributed by atoms with Gasteiger partial charge in [0, 0.05) is 41.4 Å². The van der Waals surface area contributed by atoms with Gasteiger partial charge in [-0.3, -0.25) is 4.79 Å². The zero-order valence-corrected chi connectivity index (χ0v) is 17.4. The molecule has 0 aliphatic carbocycles. The lowest BCUT2D eigenvalue weighted by molar-refractivity contribution is -0.115. The Morgan fingerprint density at radius 2 is 1.90 bits per heavy atom. The van der Waals surface area contributed by atoms with Crippen molar-refractivity contribution in [3.05, 3.63) is 77.7 Å². The van der Waals surface area contributed by atoms with Crippen molar-refractivity contribution in [1.29, 1.82) is 0 Å². The summed E-state index contributed by atoms with van der Waals surface area (Å²) in [5, 5.41) is 5.89. The maximum absolute atomic E-state index is 12.6. The molecule has 3 heterocycles. The summed E-state index contributed by atoms with van der Waals surface area (Å²) in [6.45, 7) is 1.04. The molecule has 0 radical (unpaired) electrons. The zero-order valence-electron chi connectivity index (χ0n) is 16.5. The number of hydrogen-bond acceptors (Lipinski definition) is 4. The summed E-state index contributed by atoms with van der Waals surface area (Å²) in [6, 6.07) is 17.9. The molecule has 2 aromatic carbocycles. The molecule has 0 fully saturated rings. The maximum atomic E-state index is 12.6. The van der Waals surface area contributed by atoms with Gasteiger partial charge in [-0.25, -0.2) is 9.97 Å². The first-order valence-corrected chi connectivity index (χ1v) is 11.1. The van der Waals surface area contributed by atoms with E-state index in [9.17, 15) is 4.79 Å². The average molecular weight is 415 g/mol. The van der Waals surface area contributed by atoms with Gasteiger partial charge in [0.2, 0.25) is 5.91 Å². The number of imidazole rings is 1. The van der Waals surface area contributed by atoms with Crippen molar-refractivity contribution in [2.45, 2.75) is 32.2 Å². The molecule has 2 aromatic heterocycles. The molecule has 0 saturated carbocycles. The van der Waals surface area contributed by atoms with E-state index in [-0.39, 0.29) is 12.3 Å². The molecular formula is C24H22N4OS. The van der Waals surface area contributed by atoms with Crippen LogP contribution in [0.4, 0.5) is 5.69 Å². The molecule has 6 heteroatoms. The lowest BCUT2D eigenvalue weighted by Gasteiger charge is -2.11. The Labute approximate surface area is 179 Å². The van der Waals surface area contributed by atoms with Gasteiger partial charge in [-0.2, -0.15) is 0 Å². The molecule has 0 atom stereocenters. The molecule has 1 aliphatic heterocycles. The Morgan fingerprint density at radius 3 is 2.77 bits per heavy atom. The molecule has 5 nitrogen and oxygen atoms in total. The standard InChI is InChI=1S/C24H22N4OS/c29-23(14-20-16-30-24(26-20)17-7-2-1-3-8-17)25-19-10-6-9-18(13-19)21-15-28-12-5-4-11-22(28)27-21/h1-3,6-10,13,15-16H,4-5,11-12,14H2,(H,25,29). The Balaban J connectivity index is 1.27. The Morgan fingerprint density at radius 1 is 1.03 bits per heavy atom. The number of thiazole rings is 1. The number of anilines is 1. The third-order valence-corrected chi connectivity index (χ3v) is 6.20. The monoisotopic (exact) mass is 414 g/mol. The summed E-state index contributed by atoms with van der Waals surface area (Å²) < 4.78 is 2.25. The van der Waals surface area contributed by atoms with E-state index in [2.05, 4.69) is 21.1 Å². The highest BCUT2D eigenvalue weighted by Gasteiger charge is 2.14. The Kier molecular flexibility index (Phi) is 5.15. The first-order valence-electron chi connectivity index (χ1n) is 10.2. The van der Waals surface area contributed by atoms with Crippen LogP contribution in [0.5, 0.6) is 0 Å². The zero-order chi connectivity index (χ0) is 20.3. The molecule has 1 amide bonds. The van der Waals surface area contributed by atoms with Gasteiger partial charge in [0.1, 0.15) is 10.8 Å². The minimum absolute atomic E-state index is 0.0683. The molecule has 0 spiro atoms.